The quantitative estimate of drug-likeness (QED) is 0.932. The molecular weight excluding hydrogens is 318 g/mol. The van der Waals surface area contributed by atoms with Gasteiger partial charge in [0.2, 0.25) is 0 Å². The summed E-state index contributed by atoms with van der Waals surface area (Å²) in [6, 6.07) is 9.87. The average molecular weight is 336 g/mol. The molecule has 0 bridgehead atoms. The van der Waals surface area contributed by atoms with Crippen LogP contribution in [0.1, 0.15) is 5.56 Å². The van der Waals surface area contributed by atoms with Crippen LogP contribution >= 0.6 is 22.9 Å². The maximum Gasteiger partial charge on any atom is 0.317 e. The van der Waals surface area contributed by atoms with Crippen molar-refractivity contribution in [1.82, 2.24) is 10.2 Å². The minimum absolute atomic E-state index is 0.00464. The van der Waals surface area contributed by atoms with E-state index in [4.69, 9.17) is 11.6 Å². The van der Waals surface area contributed by atoms with Crippen LogP contribution in [0.3, 0.4) is 0 Å². The Hall–Kier alpha value is -1.72. The maximum atomic E-state index is 12.2. The molecule has 0 aliphatic carbocycles. The molecule has 1 aromatic heterocycles. The molecule has 1 saturated heterocycles. The van der Waals surface area contributed by atoms with Crippen LogP contribution in [-0.2, 0) is 6.54 Å². The molecule has 2 amide bonds. The number of hydrogen-bond acceptors (Lipinski definition) is 3. The van der Waals surface area contributed by atoms with Crippen molar-refractivity contribution in [3.8, 4) is 0 Å². The molecule has 22 heavy (non-hydrogen) atoms. The third-order valence-corrected chi connectivity index (χ3v) is 4.84. The minimum Gasteiger partial charge on any atom is -0.367 e. The summed E-state index contributed by atoms with van der Waals surface area (Å²) in [6.07, 6.45) is 0. The van der Waals surface area contributed by atoms with E-state index in [2.05, 4.69) is 15.6 Å². The van der Waals surface area contributed by atoms with E-state index in [9.17, 15) is 4.79 Å². The number of amides is 2. The molecule has 1 aliphatic rings. The van der Waals surface area contributed by atoms with E-state index in [1.807, 2.05) is 40.6 Å². The molecule has 0 saturated carbocycles. The number of hydrogen-bond donors (Lipinski definition) is 1. The summed E-state index contributed by atoms with van der Waals surface area (Å²) in [5.74, 6) is 0. The number of urea groups is 1. The predicted molar refractivity (Wildman–Crippen MR) is 91.8 cm³/mol. The Kier molecular flexibility index (Phi) is 4.85. The van der Waals surface area contributed by atoms with Gasteiger partial charge in [-0.2, -0.15) is 11.3 Å². The second-order valence-electron chi connectivity index (χ2n) is 5.22. The third-order valence-electron chi connectivity index (χ3n) is 3.78. The number of benzene rings is 1. The molecule has 116 valence electrons. The minimum atomic E-state index is 0.00464. The van der Waals surface area contributed by atoms with Gasteiger partial charge >= 0.3 is 6.03 Å². The fourth-order valence-electron chi connectivity index (χ4n) is 2.54. The number of carbonyl (C=O) groups is 1. The molecule has 2 heterocycles. The number of carbonyl (C=O) groups excluding carboxylic acids is 1. The molecule has 3 rings (SSSR count). The first kappa shape index (κ1) is 15.2. The van der Waals surface area contributed by atoms with Gasteiger partial charge in [-0.3, -0.25) is 0 Å². The van der Waals surface area contributed by atoms with Crippen molar-refractivity contribution in [3.63, 3.8) is 0 Å². The smallest absolute Gasteiger partial charge is 0.317 e. The van der Waals surface area contributed by atoms with Gasteiger partial charge in [-0.05, 0) is 34.5 Å². The van der Waals surface area contributed by atoms with E-state index >= 15 is 0 Å². The van der Waals surface area contributed by atoms with E-state index in [0.29, 0.717) is 19.6 Å². The number of nitrogens with one attached hydrogen (secondary N) is 1. The van der Waals surface area contributed by atoms with Crippen molar-refractivity contribution in [2.45, 2.75) is 6.54 Å². The summed E-state index contributed by atoms with van der Waals surface area (Å²) in [4.78, 5) is 16.3. The van der Waals surface area contributed by atoms with Crippen molar-refractivity contribution in [1.29, 1.82) is 0 Å². The zero-order chi connectivity index (χ0) is 15.4. The summed E-state index contributed by atoms with van der Waals surface area (Å²) in [6.45, 7) is 3.61. The van der Waals surface area contributed by atoms with Gasteiger partial charge in [0.25, 0.3) is 0 Å². The molecule has 2 aromatic rings. The van der Waals surface area contributed by atoms with Crippen molar-refractivity contribution in [3.05, 3.63) is 51.7 Å². The molecule has 6 heteroatoms. The van der Waals surface area contributed by atoms with E-state index in [1.54, 1.807) is 11.3 Å². The fraction of sp³-hybridized carbons (Fsp3) is 0.312. The lowest BCUT2D eigenvalue weighted by Gasteiger charge is -2.36. The first-order valence-corrected chi connectivity index (χ1v) is 8.59. The van der Waals surface area contributed by atoms with Crippen LogP contribution in [0.25, 0.3) is 0 Å². The van der Waals surface area contributed by atoms with Gasteiger partial charge < -0.3 is 15.1 Å². The van der Waals surface area contributed by atoms with Crippen LogP contribution in [0.2, 0.25) is 5.02 Å². The Balaban J connectivity index is 1.51. The number of nitrogens with zero attached hydrogens (tertiary/aromatic N) is 2. The first-order chi connectivity index (χ1) is 10.7. The lowest BCUT2D eigenvalue weighted by Crippen LogP contribution is -2.51. The average Bonchev–Trinajstić information content (AvgIpc) is 3.07. The highest BCUT2D eigenvalue weighted by atomic mass is 35.5. The Morgan fingerprint density at radius 3 is 2.64 bits per heavy atom. The number of piperazine rings is 1. The van der Waals surface area contributed by atoms with Crippen LogP contribution < -0.4 is 10.2 Å². The van der Waals surface area contributed by atoms with Crippen molar-refractivity contribution < 1.29 is 4.79 Å². The monoisotopic (exact) mass is 335 g/mol. The number of para-hydroxylation sites is 1. The van der Waals surface area contributed by atoms with Gasteiger partial charge in [0.05, 0.1) is 10.7 Å². The predicted octanol–water partition coefficient (Wildman–Crippen LogP) is 3.43. The number of anilines is 1. The lowest BCUT2D eigenvalue weighted by atomic mass is 10.2. The number of thiophene rings is 1. The number of halogens is 1. The van der Waals surface area contributed by atoms with Gasteiger partial charge in [0.15, 0.2) is 0 Å². The van der Waals surface area contributed by atoms with Crippen molar-refractivity contribution >= 4 is 34.7 Å². The normalized spacial score (nSPS) is 15.0. The molecule has 0 radical (unpaired) electrons. The van der Waals surface area contributed by atoms with Crippen molar-refractivity contribution in [2.75, 3.05) is 31.1 Å². The molecule has 0 atom stereocenters. The van der Waals surface area contributed by atoms with Gasteiger partial charge in [-0.1, -0.05) is 23.7 Å². The van der Waals surface area contributed by atoms with Gasteiger partial charge in [0, 0.05) is 32.7 Å². The maximum absolute atomic E-state index is 12.2. The molecule has 1 aliphatic heterocycles. The highest BCUT2D eigenvalue weighted by Gasteiger charge is 2.22. The van der Waals surface area contributed by atoms with E-state index in [-0.39, 0.29) is 6.03 Å². The van der Waals surface area contributed by atoms with Crippen LogP contribution in [0.5, 0.6) is 0 Å². The SMILES string of the molecule is O=C(NCc1ccsc1)N1CCN(c2ccccc2Cl)CC1. The van der Waals surface area contributed by atoms with Gasteiger partial charge in [-0.15, -0.1) is 0 Å². The van der Waals surface area contributed by atoms with Crippen LogP contribution in [-0.4, -0.2) is 37.1 Å². The summed E-state index contributed by atoms with van der Waals surface area (Å²) in [5.41, 5.74) is 2.19. The van der Waals surface area contributed by atoms with E-state index < -0.39 is 0 Å². The highest BCUT2D eigenvalue weighted by Crippen LogP contribution is 2.25. The van der Waals surface area contributed by atoms with E-state index in [1.165, 1.54) is 0 Å². The lowest BCUT2D eigenvalue weighted by molar-refractivity contribution is 0.194. The Morgan fingerprint density at radius 1 is 1.18 bits per heavy atom. The summed E-state index contributed by atoms with van der Waals surface area (Å²) in [7, 11) is 0. The largest absolute Gasteiger partial charge is 0.367 e. The Bertz CT molecular complexity index is 624. The van der Waals surface area contributed by atoms with Gasteiger partial charge in [0.1, 0.15) is 0 Å². The third kappa shape index (κ3) is 3.54. The zero-order valence-corrected chi connectivity index (χ0v) is 13.7. The van der Waals surface area contributed by atoms with E-state index in [0.717, 1.165) is 29.4 Å². The standard InChI is InChI=1S/C16H18ClN3OS/c17-14-3-1-2-4-15(14)19-6-8-20(9-7-19)16(21)18-11-13-5-10-22-12-13/h1-5,10,12H,6-9,11H2,(H,18,21). The molecule has 1 fully saturated rings. The van der Waals surface area contributed by atoms with Crippen LogP contribution in [0.15, 0.2) is 41.1 Å². The topological polar surface area (TPSA) is 35.6 Å². The zero-order valence-electron chi connectivity index (χ0n) is 12.2. The second kappa shape index (κ2) is 7.03. The first-order valence-electron chi connectivity index (χ1n) is 7.27. The van der Waals surface area contributed by atoms with Gasteiger partial charge in [-0.25, -0.2) is 4.79 Å². The summed E-state index contributed by atoms with van der Waals surface area (Å²) in [5, 5.41) is 7.80. The molecule has 1 N–H and O–H groups in total. The summed E-state index contributed by atoms with van der Waals surface area (Å²) >= 11 is 7.87. The van der Waals surface area contributed by atoms with Crippen LogP contribution in [0, 0.1) is 0 Å². The molecule has 4 nitrogen and oxygen atoms in total. The Morgan fingerprint density at radius 2 is 1.95 bits per heavy atom. The number of rotatable bonds is 3. The molecule has 0 unspecified atom stereocenters. The fourth-order valence-corrected chi connectivity index (χ4v) is 3.47. The molecule has 1 aromatic carbocycles. The van der Waals surface area contributed by atoms with Crippen molar-refractivity contribution in [2.24, 2.45) is 0 Å². The Labute approximate surface area is 139 Å². The van der Waals surface area contributed by atoms with Crippen LogP contribution in [0.4, 0.5) is 10.5 Å². The highest BCUT2D eigenvalue weighted by molar-refractivity contribution is 7.07. The summed E-state index contributed by atoms with van der Waals surface area (Å²) < 4.78 is 0. The molecular formula is C16H18ClN3OS. The molecule has 0 spiro atoms. The second-order valence-corrected chi connectivity index (χ2v) is 6.40.